The van der Waals surface area contributed by atoms with Crippen LogP contribution >= 0.6 is 0 Å². The topological polar surface area (TPSA) is 38.1 Å². The summed E-state index contributed by atoms with van der Waals surface area (Å²) in [7, 11) is 2.01. The third kappa shape index (κ3) is 2.10. The number of rotatable bonds is 4. The molecule has 1 rings (SSSR count). The Labute approximate surface area is 79.4 Å². The summed E-state index contributed by atoms with van der Waals surface area (Å²) < 4.78 is 2.07. The lowest BCUT2D eigenvalue weighted by atomic mass is 10.2. The second-order valence-corrected chi connectivity index (χ2v) is 3.34. The fourth-order valence-corrected chi connectivity index (χ4v) is 1.50. The number of hydrogen-bond donors (Lipinski definition) is 1. The third-order valence-electron chi connectivity index (χ3n) is 2.39. The van der Waals surface area contributed by atoms with Gasteiger partial charge < -0.3 is 9.67 Å². The van der Waals surface area contributed by atoms with Crippen molar-refractivity contribution in [2.24, 2.45) is 7.05 Å². The van der Waals surface area contributed by atoms with Crippen molar-refractivity contribution >= 4 is 0 Å². The molecule has 3 heteroatoms. The van der Waals surface area contributed by atoms with E-state index in [1.54, 1.807) is 0 Å². The van der Waals surface area contributed by atoms with Gasteiger partial charge in [-0.15, -0.1) is 0 Å². The van der Waals surface area contributed by atoms with Gasteiger partial charge in [0, 0.05) is 19.2 Å². The molecule has 1 aromatic heterocycles. The van der Waals surface area contributed by atoms with E-state index in [-0.39, 0.29) is 6.61 Å². The van der Waals surface area contributed by atoms with Crippen molar-refractivity contribution in [3.05, 3.63) is 17.2 Å². The summed E-state index contributed by atoms with van der Waals surface area (Å²) in [6.45, 7) is 4.41. The van der Waals surface area contributed by atoms with Crippen LogP contribution in [0.15, 0.2) is 0 Å². The predicted octanol–water partition coefficient (Wildman–Crippen LogP) is 1.22. The second-order valence-electron chi connectivity index (χ2n) is 3.34. The maximum Gasteiger partial charge on any atom is 0.111 e. The zero-order valence-electron chi connectivity index (χ0n) is 8.67. The first-order valence-electron chi connectivity index (χ1n) is 4.82. The molecule has 0 amide bonds. The Bertz CT molecular complexity index is 252. The Balaban J connectivity index is 2.90. The Kier molecular flexibility index (Phi) is 3.48. The van der Waals surface area contributed by atoms with Crippen LogP contribution in [0.3, 0.4) is 0 Å². The minimum Gasteiger partial charge on any atom is -0.396 e. The number of aliphatic hydroxyl groups is 1. The van der Waals surface area contributed by atoms with E-state index in [0.29, 0.717) is 6.42 Å². The summed E-state index contributed by atoms with van der Waals surface area (Å²) in [4.78, 5) is 4.49. The average Bonchev–Trinajstić information content (AvgIpc) is 2.36. The van der Waals surface area contributed by atoms with E-state index in [1.165, 1.54) is 11.4 Å². The average molecular weight is 182 g/mol. The fourth-order valence-electron chi connectivity index (χ4n) is 1.50. The summed E-state index contributed by atoms with van der Waals surface area (Å²) in [6, 6.07) is 0. The Morgan fingerprint density at radius 2 is 2.08 bits per heavy atom. The minimum absolute atomic E-state index is 0.176. The number of nitrogens with zero attached hydrogens (tertiary/aromatic N) is 2. The highest BCUT2D eigenvalue weighted by Gasteiger charge is 2.08. The number of hydrogen-bond acceptors (Lipinski definition) is 2. The molecule has 13 heavy (non-hydrogen) atoms. The summed E-state index contributed by atoms with van der Waals surface area (Å²) >= 11 is 0. The molecule has 0 aliphatic rings. The first-order chi connectivity index (χ1) is 6.20. The molecule has 0 aromatic carbocycles. The van der Waals surface area contributed by atoms with Crippen LogP contribution in [0.2, 0.25) is 0 Å². The van der Waals surface area contributed by atoms with Crippen LogP contribution in [0.1, 0.15) is 30.6 Å². The van der Waals surface area contributed by atoms with Gasteiger partial charge in [-0.2, -0.15) is 0 Å². The van der Waals surface area contributed by atoms with Gasteiger partial charge in [0.2, 0.25) is 0 Å². The third-order valence-corrected chi connectivity index (χ3v) is 2.39. The monoisotopic (exact) mass is 182 g/mol. The van der Waals surface area contributed by atoms with E-state index >= 15 is 0 Å². The minimum atomic E-state index is 0.176. The molecule has 1 heterocycles. The molecule has 0 spiro atoms. The Morgan fingerprint density at radius 3 is 2.62 bits per heavy atom. The molecule has 3 nitrogen and oxygen atoms in total. The lowest BCUT2D eigenvalue weighted by Gasteiger charge is -2.00. The van der Waals surface area contributed by atoms with Gasteiger partial charge in [-0.3, -0.25) is 0 Å². The SMILES string of the molecule is CCCc1nc(CCO)n(C)c1C. The highest BCUT2D eigenvalue weighted by atomic mass is 16.3. The smallest absolute Gasteiger partial charge is 0.111 e. The van der Waals surface area contributed by atoms with E-state index in [9.17, 15) is 0 Å². The summed E-state index contributed by atoms with van der Waals surface area (Å²) in [5.74, 6) is 0.989. The van der Waals surface area contributed by atoms with Crippen LogP contribution in [0.25, 0.3) is 0 Å². The molecule has 0 aliphatic carbocycles. The van der Waals surface area contributed by atoms with Gasteiger partial charge in [0.25, 0.3) is 0 Å². The molecule has 1 N–H and O–H groups in total. The van der Waals surface area contributed by atoms with Gasteiger partial charge in [0.05, 0.1) is 12.3 Å². The van der Waals surface area contributed by atoms with Crippen molar-refractivity contribution in [2.45, 2.75) is 33.1 Å². The van der Waals surface area contributed by atoms with Crippen molar-refractivity contribution in [3.8, 4) is 0 Å². The van der Waals surface area contributed by atoms with Crippen LogP contribution in [-0.4, -0.2) is 21.3 Å². The highest BCUT2D eigenvalue weighted by molar-refractivity contribution is 5.15. The van der Waals surface area contributed by atoms with E-state index in [1.807, 2.05) is 7.05 Å². The van der Waals surface area contributed by atoms with Crippen molar-refractivity contribution < 1.29 is 5.11 Å². The predicted molar refractivity (Wildman–Crippen MR) is 52.7 cm³/mol. The Morgan fingerprint density at radius 1 is 1.38 bits per heavy atom. The van der Waals surface area contributed by atoms with Gasteiger partial charge in [-0.1, -0.05) is 13.3 Å². The van der Waals surface area contributed by atoms with Crippen LogP contribution in [-0.2, 0) is 19.9 Å². The molecule has 0 aliphatic heterocycles. The molecule has 1 aromatic rings. The molecule has 0 radical (unpaired) electrons. The maximum absolute atomic E-state index is 8.82. The van der Waals surface area contributed by atoms with E-state index in [2.05, 4.69) is 23.4 Å². The van der Waals surface area contributed by atoms with Crippen molar-refractivity contribution in [3.63, 3.8) is 0 Å². The number of aryl methyl sites for hydroxylation is 1. The molecule has 0 saturated heterocycles. The van der Waals surface area contributed by atoms with Crippen LogP contribution < -0.4 is 0 Å². The fraction of sp³-hybridized carbons (Fsp3) is 0.700. The molecule has 74 valence electrons. The summed E-state index contributed by atoms with van der Waals surface area (Å²) in [6.07, 6.45) is 2.81. The number of imidazole rings is 1. The lowest BCUT2D eigenvalue weighted by molar-refractivity contribution is 0.295. The van der Waals surface area contributed by atoms with Gasteiger partial charge in [0.15, 0.2) is 0 Å². The van der Waals surface area contributed by atoms with Gasteiger partial charge in [-0.05, 0) is 13.3 Å². The van der Waals surface area contributed by atoms with Crippen LogP contribution in [0, 0.1) is 6.92 Å². The van der Waals surface area contributed by atoms with Crippen LogP contribution in [0.4, 0.5) is 0 Å². The van der Waals surface area contributed by atoms with Gasteiger partial charge in [0.1, 0.15) is 5.82 Å². The quantitative estimate of drug-likeness (QED) is 0.760. The zero-order chi connectivity index (χ0) is 9.84. The standard InChI is InChI=1S/C10H18N2O/c1-4-5-9-8(2)12(3)10(11-9)6-7-13/h13H,4-7H2,1-3H3. The molecule has 0 atom stereocenters. The van der Waals surface area contributed by atoms with E-state index < -0.39 is 0 Å². The first kappa shape index (κ1) is 10.3. The van der Waals surface area contributed by atoms with Gasteiger partial charge >= 0.3 is 0 Å². The van der Waals surface area contributed by atoms with Crippen molar-refractivity contribution in [2.75, 3.05) is 6.61 Å². The summed E-state index contributed by atoms with van der Waals surface area (Å²) in [5.41, 5.74) is 2.40. The lowest BCUT2D eigenvalue weighted by Crippen LogP contribution is -2.01. The molecule has 0 bridgehead atoms. The first-order valence-corrected chi connectivity index (χ1v) is 4.82. The number of aromatic nitrogens is 2. The van der Waals surface area contributed by atoms with Crippen molar-refractivity contribution in [1.29, 1.82) is 0 Å². The maximum atomic E-state index is 8.82. The second kappa shape index (κ2) is 4.42. The Hall–Kier alpha value is -0.830. The highest BCUT2D eigenvalue weighted by Crippen LogP contribution is 2.11. The van der Waals surface area contributed by atoms with Gasteiger partial charge in [-0.25, -0.2) is 4.98 Å². The molecule has 0 fully saturated rings. The molecule has 0 unspecified atom stereocenters. The largest absolute Gasteiger partial charge is 0.396 e. The van der Waals surface area contributed by atoms with Crippen molar-refractivity contribution in [1.82, 2.24) is 9.55 Å². The summed E-state index contributed by atoms with van der Waals surface area (Å²) in [5, 5.41) is 8.82. The molecule has 0 saturated carbocycles. The normalized spacial score (nSPS) is 10.8. The van der Waals surface area contributed by atoms with E-state index in [4.69, 9.17) is 5.11 Å². The number of aliphatic hydroxyl groups excluding tert-OH is 1. The molecular formula is C10H18N2O. The molecular weight excluding hydrogens is 164 g/mol. The van der Waals surface area contributed by atoms with Crippen LogP contribution in [0.5, 0.6) is 0 Å². The van der Waals surface area contributed by atoms with E-state index in [0.717, 1.165) is 18.7 Å². The zero-order valence-corrected chi connectivity index (χ0v) is 8.67.